The molecule has 0 aromatic heterocycles. The molecule has 0 aromatic carbocycles. The second-order valence-electron chi connectivity index (χ2n) is 9.82. The maximum absolute atomic E-state index is 13.2. The van der Waals surface area contributed by atoms with Gasteiger partial charge in [-0.05, 0) is 71.6 Å². The number of rotatable bonds is 8. The summed E-state index contributed by atoms with van der Waals surface area (Å²) in [6.45, 7) is 8.60. The van der Waals surface area contributed by atoms with Crippen molar-refractivity contribution in [1.82, 2.24) is 0 Å². The molecular formula is C26H34O3. The molecule has 1 saturated heterocycles. The van der Waals surface area contributed by atoms with Crippen molar-refractivity contribution in [1.29, 1.82) is 0 Å². The van der Waals surface area contributed by atoms with Crippen LogP contribution in [0.15, 0.2) is 47.1 Å². The van der Waals surface area contributed by atoms with Gasteiger partial charge in [0.2, 0.25) is 0 Å². The van der Waals surface area contributed by atoms with Crippen molar-refractivity contribution in [2.24, 2.45) is 23.7 Å². The van der Waals surface area contributed by atoms with Crippen molar-refractivity contribution in [2.75, 3.05) is 0 Å². The Morgan fingerprint density at radius 3 is 2.28 bits per heavy atom. The zero-order valence-corrected chi connectivity index (χ0v) is 18.2. The molecule has 0 amide bonds. The molecule has 156 valence electrons. The maximum Gasteiger partial charge on any atom is 0.172 e. The summed E-state index contributed by atoms with van der Waals surface area (Å²) >= 11 is 0. The summed E-state index contributed by atoms with van der Waals surface area (Å²) in [5.74, 6) is 0.676. The Hall–Kier alpha value is -1.74. The van der Waals surface area contributed by atoms with Crippen LogP contribution in [0.1, 0.15) is 66.2 Å². The van der Waals surface area contributed by atoms with Gasteiger partial charge >= 0.3 is 0 Å². The fraction of sp³-hybridized carbons (Fsp3) is 0.615. The molecule has 0 N–H and O–H groups in total. The van der Waals surface area contributed by atoms with Gasteiger partial charge in [0.1, 0.15) is 0 Å². The van der Waals surface area contributed by atoms with Crippen LogP contribution in [0.25, 0.3) is 0 Å². The summed E-state index contributed by atoms with van der Waals surface area (Å²) in [7, 11) is 0. The highest BCUT2D eigenvalue weighted by Gasteiger charge is 2.74. The van der Waals surface area contributed by atoms with Crippen LogP contribution < -0.4 is 0 Å². The number of hydrogen-bond acceptors (Lipinski definition) is 3. The maximum atomic E-state index is 13.2. The monoisotopic (exact) mass is 394 g/mol. The number of allylic oxidation sites excluding steroid dienone is 7. The highest BCUT2D eigenvalue weighted by atomic mass is 16.6. The Kier molecular flexibility index (Phi) is 5.54. The molecule has 4 rings (SSSR count). The molecule has 0 aromatic rings. The van der Waals surface area contributed by atoms with E-state index in [0.717, 1.165) is 32.1 Å². The van der Waals surface area contributed by atoms with E-state index in [9.17, 15) is 9.59 Å². The Morgan fingerprint density at radius 1 is 0.966 bits per heavy atom. The molecule has 0 radical (unpaired) electrons. The molecule has 3 fully saturated rings. The van der Waals surface area contributed by atoms with Crippen molar-refractivity contribution in [3.63, 3.8) is 0 Å². The summed E-state index contributed by atoms with van der Waals surface area (Å²) < 4.78 is 5.82. The fourth-order valence-corrected chi connectivity index (χ4v) is 5.60. The van der Waals surface area contributed by atoms with E-state index >= 15 is 0 Å². The number of epoxide rings is 1. The second kappa shape index (κ2) is 7.83. The summed E-state index contributed by atoms with van der Waals surface area (Å²) in [6.07, 6.45) is 16.3. The van der Waals surface area contributed by atoms with Gasteiger partial charge in [-0.15, -0.1) is 0 Å². The first-order valence-electron chi connectivity index (χ1n) is 11.2. The van der Waals surface area contributed by atoms with Crippen molar-refractivity contribution < 1.29 is 14.3 Å². The first-order valence-corrected chi connectivity index (χ1v) is 11.2. The zero-order chi connectivity index (χ0) is 20.8. The van der Waals surface area contributed by atoms with Gasteiger partial charge < -0.3 is 4.74 Å². The Morgan fingerprint density at radius 2 is 1.59 bits per heavy atom. The number of ketones is 2. The average Bonchev–Trinajstić information content (AvgIpc) is 3.06. The van der Waals surface area contributed by atoms with Crippen molar-refractivity contribution in [3.8, 4) is 0 Å². The molecule has 3 nitrogen and oxygen atoms in total. The molecule has 3 aliphatic carbocycles. The van der Waals surface area contributed by atoms with Crippen molar-refractivity contribution in [3.05, 3.63) is 47.1 Å². The highest BCUT2D eigenvalue weighted by molar-refractivity contribution is 6.09. The fourth-order valence-electron chi connectivity index (χ4n) is 5.60. The molecule has 29 heavy (non-hydrogen) atoms. The van der Waals surface area contributed by atoms with Crippen molar-refractivity contribution >= 4 is 11.6 Å². The number of Topliss-reactive ketones (excluding diaryl/α,β-unsaturated/α-hetero) is 2. The lowest BCUT2D eigenvalue weighted by Gasteiger charge is -2.31. The van der Waals surface area contributed by atoms with Crippen LogP contribution in [0.2, 0.25) is 0 Å². The molecular weight excluding hydrogens is 360 g/mol. The third-order valence-corrected chi connectivity index (χ3v) is 7.34. The second-order valence-corrected chi connectivity index (χ2v) is 9.82. The van der Waals surface area contributed by atoms with Crippen LogP contribution in [0, 0.1) is 23.7 Å². The summed E-state index contributed by atoms with van der Waals surface area (Å²) in [4.78, 5) is 26.1. The lowest BCUT2D eigenvalue weighted by molar-refractivity contribution is -0.138. The van der Waals surface area contributed by atoms with E-state index in [2.05, 4.69) is 58.1 Å². The van der Waals surface area contributed by atoms with Gasteiger partial charge in [-0.25, -0.2) is 0 Å². The summed E-state index contributed by atoms with van der Waals surface area (Å²) in [6, 6.07) is 0. The van der Waals surface area contributed by atoms with Gasteiger partial charge in [0.15, 0.2) is 23.3 Å². The predicted octanol–water partition coefficient (Wildman–Crippen LogP) is 5.52. The van der Waals surface area contributed by atoms with Crippen molar-refractivity contribution in [2.45, 2.75) is 77.9 Å². The molecule has 1 heterocycles. The Bertz CT molecular complexity index is 823. The molecule has 0 spiro atoms. The number of carbonyl (C=O) groups is 2. The SMILES string of the molecule is CC(C)=CCC/C(C)=C/CC/C(C)=C/C[C@]12O[C@H]1C(=O)[C@H]1[C@@H](C2=O)[C@H]2C=C[C@@H]1C2. The van der Waals surface area contributed by atoms with Crippen LogP contribution in [-0.4, -0.2) is 23.3 Å². The van der Waals surface area contributed by atoms with E-state index in [1.54, 1.807) is 0 Å². The number of fused-ring (bicyclic) bond motifs is 6. The minimum absolute atomic E-state index is 0.109. The lowest BCUT2D eigenvalue weighted by Crippen LogP contribution is -2.49. The van der Waals surface area contributed by atoms with Crippen LogP contribution >= 0.6 is 0 Å². The predicted molar refractivity (Wildman–Crippen MR) is 115 cm³/mol. The smallest absolute Gasteiger partial charge is 0.172 e. The summed E-state index contributed by atoms with van der Waals surface area (Å²) in [5.41, 5.74) is 3.24. The first kappa shape index (κ1) is 20.5. The van der Waals surface area contributed by atoms with E-state index in [-0.39, 0.29) is 35.2 Å². The van der Waals surface area contributed by atoms with Crippen LogP contribution in [0.5, 0.6) is 0 Å². The molecule has 4 aliphatic rings. The third kappa shape index (κ3) is 3.74. The third-order valence-electron chi connectivity index (χ3n) is 7.34. The quantitative estimate of drug-likeness (QED) is 0.402. The van der Waals surface area contributed by atoms with Gasteiger partial charge in [0.05, 0.1) is 0 Å². The molecule has 0 unspecified atom stereocenters. The topological polar surface area (TPSA) is 46.7 Å². The van der Waals surface area contributed by atoms with Crippen LogP contribution in [-0.2, 0) is 14.3 Å². The molecule has 2 bridgehead atoms. The molecule has 1 aliphatic heterocycles. The number of carbonyl (C=O) groups excluding carboxylic acids is 2. The Labute approximate surface area is 175 Å². The number of hydrogen-bond donors (Lipinski definition) is 0. The largest absolute Gasteiger partial charge is 0.349 e. The standard InChI is InChI=1S/C26H34O3/c1-16(2)7-5-8-17(3)9-6-10-18(4)13-14-26-24(28)22-20-12-11-19(15-20)21(22)23(27)25(26)29-26/h7,9,11-13,19-22,25H,5-6,8,10,14-15H2,1-4H3/b17-9+,18-13+/t19-,20+,21-,22+,25+,26-/m1/s1. The highest BCUT2D eigenvalue weighted by Crippen LogP contribution is 2.59. The van der Waals surface area contributed by atoms with Gasteiger partial charge in [-0.1, -0.05) is 47.1 Å². The molecule has 6 atom stereocenters. The van der Waals surface area contributed by atoms with E-state index < -0.39 is 11.7 Å². The minimum atomic E-state index is -0.839. The van der Waals surface area contributed by atoms with E-state index in [0.29, 0.717) is 6.42 Å². The summed E-state index contributed by atoms with van der Waals surface area (Å²) in [5, 5.41) is 0. The minimum Gasteiger partial charge on any atom is -0.349 e. The van der Waals surface area contributed by atoms with Crippen LogP contribution in [0.4, 0.5) is 0 Å². The average molecular weight is 395 g/mol. The van der Waals surface area contributed by atoms with Gasteiger partial charge in [-0.3, -0.25) is 9.59 Å². The first-order chi connectivity index (χ1) is 13.8. The Balaban J connectivity index is 1.31. The van der Waals surface area contributed by atoms with Crippen LogP contribution in [0.3, 0.4) is 0 Å². The van der Waals surface area contributed by atoms with E-state index in [4.69, 9.17) is 4.74 Å². The molecule has 3 heteroatoms. The molecule has 2 saturated carbocycles. The number of ether oxygens (including phenoxy) is 1. The lowest BCUT2D eigenvalue weighted by atomic mass is 9.67. The van der Waals surface area contributed by atoms with E-state index in [1.165, 1.54) is 16.7 Å². The van der Waals surface area contributed by atoms with Gasteiger partial charge in [0, 0.05) is 18.3 Å². The zero-order valence-electron chi connectivity index (χ0n) is 18.2. The van der Waals surface area contributed by atoms with Gasteiger partial charge in [-0.2, -0.15) is 0 Å². The van der Waals surface area contributed by atoms with Gasteiger partial charge in [0.25, 0.3) is 0 Å². The van der Waals surface area contributed by atoms with E-state index in [1.807, 2.05) is 0 Å². The normalized spacial score (nSPS) is 37.6.